The number of hydrogen-bond donors (Lipinski definition) is 1. The maximum absolute atomic E-state index is 5.81. The number of anilines is 2. The van der Waals surface area contributed by atoms with Crippen LogP contribution >= 0.6 is 0 Å². The van der Waals surface area contributed by atoms with Crippen LogP contribution in [0.4, 0.5) is 11.8 Å². The average molecular weight is 410 g/mol. The summed E-state index contributed by atoms with van der Waals surface area (Å²) in [6, 6.07) is 10.8. The second-order valence-electron chi connectivity index (χ2n) is 8.40. The maximum atomic E-state index is 5.81. The highest BCUT2D eigenvalue weighted by molar-refractivity contribution is 5.43. The lowest BCUT2D eigenvalue weighted by atomic mass is 10.0. The fourth-order valence-electron chi connectivity index (χ4n) is 4.57. The minimum absolute atomic E-state index is 0.373. The van der Waals surface area contributed by atoms with Crippen LogP contribution < -0.4 is 15.0 Å². The molecule has 0 saturated carbocycles. The second-order valence-corrected chi connectivity index (χ2v) is 8.40. The van der Waals surface area contributed by atoms with Gasteiger partial charge in [0.1, 0.15) is 11.6 Å². The molecule has 0 spiro atoms. The number of benzene rings is 1. The van der Waals surface area contributed by atoms with Crippen molar-refractivity contribution in [3.05, 3.63) is 42.1 Å². The molecule has 0 bridgehead atoms. The number of nitrogens with zero attached hydrogens (tertiary/aromatic N) is 4. The smallest absolute Gasteiger partial charge is 0.224 e. The monoisotopic (exact) mass is 409 g/mol. The quantitative estimate of drug-likeness (QED) is 0.734. The van der Waals surface area contributed by atoms with E-state index in [-0.39, 0.29) is 0 Å². The average Bonchev–Trinajstić information content (AvgIpc) is 3.06. The third-order valence-electron chi connectivity index (χ3n) is 6.08. The molecule has 3 heterocycles. The number of likely N-dealkylation sites (tertiary alicyclic amines) is 1. The predicted octanol–water partition coefficient (Wildman–Crippen LogP) is 4.33. The zero-order valence-electron chi connectivity index (χ0n) is 18.2. The Bertz CT molecular complexity index is 791. The van der Waals surface area contributed by atoms with Gasteiger partial charge >= 0.3 is 0 Å². The van der Waals surface area contributed by atoms with E-state index in [0.717, 1.165) is 56.7 Å². The Morgan fingerprint density at radius 1 is 1.03 bits per heavy atom. The van der Waals surface area contributed by atoms with Gasteiger partial charge in [0, 0.05) is 44.0 Å². The van der Waals surface area contributed by atoms with Crippen molar-refractivity contribution < 1.29 is 4.74 Å². The van der Waals surface area contributed by atoms with Gasteiger partial charge in [0.15, 0.2) is 0 Å². The van der Waals surface area contributed by atoms with Crippen molar-refractivity contribution in [3.8, 4) is 5.75 Å². The van der Waals surface area contributed by atoms with Crippen LogP contribution in [0.2, 0.25) is 0 Å². The standard InChI is InChI=1S/C24H35N5O/c1-2-30-22-12-6-5-10-20(22)18-28-15-9-11-21(19-28)26-24-25-14-13-23(27-24)29-16-7-3-4-8-17-29/h5-6,10,12-14,21H,2-4,7-9,11,15-19H2,1H3,(H,25,26,27). The minimum atomic E-state index is 0.373. The molecule has 0 amide bonds. The third kappa shape index (κ3) is 5.63. The highest BCUT2D eigenvalue weighted by Crippen LogP contribution is 2.23. The highest BCUT2D eigenvalue weighted by atomic mass is 16.5. The van der Waals surface area contributed by atoms with Gasteiger partial charge in [-0.25, -0.2) is 4.98 Å². The van der Waals surface area contributed by atoms with E-state index in [2.05, 4.69) is 38.3 Å². The van der Waals surface area contributed by atoms with Crippen molar-refractivity contribution in [1.29, 1.82) is 0 Å². The Morgan fingerprint density at radius 3 is 2.70 bits per heavy atom. The molecule has 1 unspecified atom stereocenters. The van der Waals surface area contributed by atoms with E-state index in [0.29, 0.717) is 12.6 Å². The van der Waals surface area contributed by atoms with E-state index < -0.39 is 0 Å². The molecule has 1 atom stereocenters. The lowest BCUT2D eigenvalue weighted by molar-refractivity contribution is 0.204. The fourth-order valence-corrected chi connectivity index (χ4v) is 4.57. The van der Waals surface area contributed by atoms with Gasteiger partial charge in [-0.1, -0.05) is 31.0 Å². The van der Waals surface area contributed by atoms with Gasteiger partial charge in [0.25, 0.3) is 0 Å². The third-order valence-corrected chi connectivity index (χ3v) is 6.08. The molecule has 2 aromatic rings. The van der Waals surface area contributed by atoms with Crippen molar-refractivity contribution in [2.45, 2.75) is 58.0 Å². The van der Waals surface area contributed by atoms with Gasteiger partial charge in [-0.05, 0) is 51.3 Å². The Kier molecular flexibility index (Phi) is 7.40. The first-order valence-electron chi connectivity index (χ1n) is 11.6. The first-order valence-corrected chi connectivity index (χ1v) is 11.6. The highest BCUT2D eigenvalue weighted by Gasteiger charge is 2.22. The summed E-state index contributed by atoms with van der Waals surface area (Å²) in [6.45, 7) is 7.98. The zero-order chi connectivity index (χ0) is 20.6. The van der Waals surface area contributed by atoms with E-state index in [1.165, 1.54) is 37.7 Å². The number of rotatable bonds is 7. The predicted molar refractivity (Wildman–Crippen MR) is 122 cm³/mol. The number of nitrogens with one attached hydrogen (secondary N) is 1. The van der Waals surface area contributed by atoms with Crippen molar-refractivity contribution in [3.63, 3.8) is 0 Å². The van der Waals surface area contributed by atoms with E-state index in [1.54, 1.807) is 0 Å². The summed E-state index contributed by atoms with van der Waals surface area (Å²) in [6.07, 6.45) is 9.41. The van der Waals surface area contributed by atoms with Crippen LogP contribution in [0.15, 0.2) is 36.5 Å². The van der Waals surface area contributed by atoms with Crippen LogP contribution in [0.5, 0.6) is 5.75 Å². The topological polar surface area (TPSA) is 53.5 Å². The van der Waals surface area contributed by atoms with Crippen molar-refractivity contribution in [1.82, 2.24) is 14.9 Å². The Balaban J connectivity index is 1.37. The maximum Gasteiger partial charge on any atom is 0.224 e. The number of ether oxygens (including phenoxy) is 1. The molecule has 0 radical (unpaired) electrons. The van der Waals surface area contributed by atoms with Crippen LogP contribution in [0, 0.1) is 0 Å². The lowest BCUT2D eigenvalue weighted by Gasteiger charge is -2.33. The molecule has 162 valence electrons. The van der Waals surface area contributed by atoms with E-state index in [4.69, 9.17) is 9.72 Å². The fraction of sp³-hybridized carbons (Fsp3) is 0.583. The van der Waals surface area contributed by atoms with Gasteiger partial charge in [-0.3, -0.25) is 4.90 Å². The van der Waals surface area contributed by atoms with E-state index in [9.17, 15) is 0 Å². The molecule has 2 saturated heterocycles. The van der Waals surface area contributed by atoms with Gasteiger partial charge in [-0.15, -0.1) is 0 Å². The summed E-state index contributed by atoms with van der Waals surface area (Å²) in [4.78, 5) is 14.3. The molecule has 6 nitrogen and oxygen atoms in total. The minimum Gasteiger partial charge on any atom is -0.494 e. The van der Waals surface area contributed by atoms with Crippen molar-refractivity contribution >= 4 is 11.8 Å². The number of hydrogen-bond acceptors (Lipinski definition) is 6. The molecule has 2 aliphatic heterocycles. The summed E-state index contributed by atoms with van der Waals surface area (Å²) >= 11 is 0. The van der Waals surface area contributed by atoms with Crippen LogP contribution in [0.25, 0.3) is 0 Å². The summed E-state index contributed by atoms with van der Waals surface area (Å²) < 4.78 is 5.81. The van der Waals surface area contributed by atoms with Gasteiger partial charge in [-0.2, -0.15) is 4.98 Å². The largest absolute Gasteiger partial charge is 0.494 e. The molecule has 2 aliphatic rings. The summed E-state index contributed by atoms with van der Waals surface area (Å²) in [5.74, 6) is 2.83. The van der Waals surface area contributed by atoms with Crippen molar-refractivity contribution in [2.75, 3.05) is 43.0 Å². The number of piperidine rings is 1. The molecule has 2 fully saturated rings. The molecular formula is C24H35N5O. The first-order chi connectivity index (χ1) is 14.8. The normalized spacial score (nSPS) is 20.6. The molecule has 30 heavy (non-hydrogen) atoms. The SMILES string of the molecule is CCOc1ccccc1CN1CCCC(Nc2nccc(N3CCCCCC3)n2)C1. The Morgan fingerprint density at radius 2 is 1.87 bits per heavy atom. The van der Waals surface area contributed by atoms with Crippen LogP contribution in [-0.4, -0.2) is 53.7 Å². The molecule has 1 N–H and O–H groups in total. The second kappa shape index (κ2) is 10.6. The van der Waals surface area contributed by atoms with Gasteiger partial charge < -0.3 is 15.0 Å². The van der Waals surface area contributed by atoms with Crippen LogP contribution in [-0.2, 0) is 6.54 Å². The molecule has 6 heteroatoms. The van der Waals surface area contributed by atoms with Crippen molar-refractivity contribution in [2.24, 2.45) is 0 Å². The Labute approximate surface area is 180 Å². The van der Waals surface area contributed by atoms with Crippen LogP contribution in [0.1, 0.15) is 51.0 Å². The van der Waals surface area contributed by atoms with Crippen LogP contribution in [0.3, 0.4) is 0 Å². The Hall–Kier alpha value is -2.34. The molecule has 0 aliphatic carbocycles. The lowest BCUT2D eigenvalue weighted by Crippen LogP contribution is -2.42. The summed E-state index contributed by atoms with van der Waals surface area (Å²) in [7, 11) is 0. The van der Waals surface area contributed by atoms with Gasteiger partial charge in [0.2, 0.25) is 5.95 Å². The summed E-state index contributed by atoms with van der Waals surface area (Å²) in [5, 5.41) is 3.61. The van der Waals surface area contributed by atoms with Gasteiger partial charge in [0.05, 0.1) is 6.61 Å². The zero-order valence-corrected chi connectivity index (χ0v) is 18.2. The molecular weight excluding hydrogens is 374 g/mol. The molecule has 4 rings (SSSR count). The van der Waals surface area contributed by atoms with E-state index >= 15 is 0 Å². The first kappa shape index (κ1) is 20.9. The molecule has 1 aromatic carbocycles. The number of para-hydroxylation sites is 1. The van der Waals surface area contributed by atoms with E-state index in [1.807, 2.05) is 25.3 Å². The summed E-state index contributed by atoms with van der Waals surface area (Å²) in [5.41, 5.74) is 1.26. The number of aromatic nitrogens is 2. The molecule has 1 aromatic heterocycles.